The van der Waals surface area contributed by atoms with Crippen LogP contribution in [0.15, 0.2) is 11.3 Å². The fourth-order valence-electron chi connectivity index (χ4n) is 1.18. The summed E-state index contributed by atoms with van der Waals surface area (Å²) in [5.74, 6) is 0.152. The Balaban J connectivity index is 2.90. The minimum atomic E-state index is -0.418. The second-order valence-corrected chi connectivity index (χ2v) is 4.21. The Bertz CT molecular complexity index is 295. The van der Waals surface area contributed by atoms with Gasteiger partial charge >= 0.3 is 11.9 Å². The molecule has 0 N–H and O–H groups in total. The van der Waals surface area contributed by atoms with E-state index in [1.54, 1.807) is 11.8 Å². The minimum Gasteiger partial charge on any atom is -0.466 e. The average Bonchev–Trinajstić information content (AvgIpc) is 2.46. The first-order chi connectivity index (χ1) is 6.56. The maximum atomic E-state index is 11.3. The van der Waals surface area contributed by atoms with E-state index in [0.29, 0.717) is 17.1 Å². The lowest BCUT2D eigenvalue weighted by molar-refractivity contribution is -0.138. The van der Waals surface area contributed by atoms with Crippen molar-refractivity contribution >= 4 is 23.7 Å². The monoisotopic (exact) mass is 216 g/mol. The van der Waals surface area contributed by atoms with Crippen LogP contribution < -0.4 is 0 Å². The zero-order valence-electron chi connectivity index (χ0n) is 8.33. The zero-order chi connectivity index (χ0) is 10.7. The molecule has 0 radical (unpaired) electrons. The summed E-state index contributed by atoms with van der Waals surface area (Å²) in [5.41, 5.74) is 0.459. The van der Waals surface area contributed by atoms with Crippen LogP contribution in [-0.4, -0.2) is 30.1 Å². The van der Waals surface area contributed by atoms with E-state index in [0.717, 1.165) is 0 Å². The highest BCUT2D eigenvalue weighted by Crippen LogP contribution is 2.33. The maximum Gasteiger partial charge on any atom is 0.338 e. The summed E-state index contributed by atoms with van der Waals surface area (Å²) in [4.78, 5) is 22.1. The second kappa shape index (κ2) is 4.50. The summed E-state index contributed by atoms with van der Waals surface area (Å²) < 4.78 is 9.57. The first kappa shape index (κ1) is 11.1. The third kappa shape index (κ3) is 2.29. The minimum absolute atomic E-state index is 0.0352. The smallest absolute Gasteiger partial charge is 0.338 e. The van der Waals surface area contributed by atoms with Crippen molar-refractivity contribution in [1.29, 1.82) is 0 Å². The number of thioether (sulfide) groups is 1. The number of hydrogen-bond acceptors (Lipinski definition) is 5. The molecule has 0 fully saturated rings. The van der Waals surface area contributed by atoms with Crippen LogP contribution >= 0.6 is 11.8 Å². The van der Waals surface area contributed by atoms with E-state index in [9.17, 15) is 9.59 Å². The summed E-state index contributed by atoms with van der Waals surface area (Å²) >= 11 is 1.55. The lowest BCUT2D eigenvalue weighted by atomic mass is 10.2. The van der Waals surface area contributed by atoms with Gasteiger partial charge in [0.05, 0.1) is 17.9 Å². The van der Waals surface area contributed by atoms with E-state index in [2.05, 4.69) is 4.74 Å². The predicted octanol–water partition coefficient (Wildman–Crippen LogP) is 1.11. The Hall–Kier alpha value is -0.970. The van der Waals surface area contributed by atoms with Gasteiger partial charge in [0.1, 0.15) is 5.76 Å². The normalized spacial score (nSPS) is 20.9. The fraction of sp³-hybridized carbons (Fsp3) is 0.556. The van der Waals surface area contributed by atoms with E-state index < -0.39 is 11.9 Å². The van der Waals surface area contributed by atoms with Gasteiger partial charge in [-0.25, -0.2) is 4.79 Å². The molecule has 0 bridgehead atoms. The van der Waals surface area contributed by atoms with Gasteiger partial charge in [-0.1, -0.05) is 0 Å². The van der Waals surface area contributed by atoms with Gasteiger partial charge in [0.2, 0.25) is 0 Å². The molecule has 0 aromatic carbocycles. The molecular formula is C9H12O4S. The van der Waals surface area contributed by atoms with Crippen LogP contribution in [0.4, 0.5) is 0 Å². The first-order valence-corrected chi connectivity index (χ1v) is 5.22. The summed E-state index contributed by atoms with van der Waals surface area (Å²) in [6.45, 7) is 3.20. The molecule has 1 aliphatic heterocycles. The number of hydrogen-bond donors (Lipinski definition) is 0. The van der Waals surface area contributed by atoms with E-state index in [4.69, 9.17) is 4.74 Å². The van der Waals surface area contributed by atoms with Crippen LogP contribution in [0.1, 0.15) is 13.8 Å². The van der Waals surface area contributed by atoms with E-state index >= 15 is 0 Å². The van der Waals surface area contributed by atoms with Crippen LogP contribution in [0.2, 0.25) is 0 Å². The zero-order valence-corrected chi connectivity index (χ0v) is 9.14. The molecule has 0 aliphatic carbocycles. The molecule has 78 valence electrons. The maximum absolute atomic E-state index is 11.3. The van der Waals surface area contributed by atoms with Crippen LogP contribution in [0, 0.1) is 0 Å². The largest absolute Gasteiger partial charge is 0.466 e. The van der Waals surface area contributed by atoms with Crippen molar-refractivity contribution in [2.45, 2.75) is 19.1 Å². The number of rotatable bonds is 2. The van der Waals surface area contributed by atoms with Gasteiger partial charge in [0.15, 0.2) is 0 Å². The highest BCUT2D eigenvalue weighted by molar-refractivity contribution is 8.00. The number of carbonyl (C=O) groups is 2. The first-order valence-electron chi connectivity index (χ1n) is 4.17. The molecule has 1 rings (SSSR count). The summed E-state index contributed by atoms with van der Waals surface area (Å²) in [5, 5.41) is 0.0352. The molecule has 0 saturated carbocycles. The Morgan fingerprint density at radius 1 is 1.50 bits per heavy atom. The van der Waals surface area contributed by atoms with Crippen molar-refractivity contribution in [3.8, 4) is 0 Å². The SMILES string of the molecule is COC(=O)C1=C(OC(C)=O)C(C)SC1. The molecule has 0 amide bonds. The number of ether oxygens (including phenoxy) is 2. The molecule has 0 aromatic rings. The molecule has 1 unspecified atom stereocenters. The number of carbonyl (C=O) groups excluding carboxylic acids is 2. The van der Waals surface area contributed by atoms with Crippen LogP contribution in [0.5, 0.6) is 0 Å². The highest BCUT2D eigenvalue weighted by atomic mass is 32.2. The predicted molar refractivity (Wildman–Crippen MR) is 52.7 cm³/mol. The number of methoxy groups -OCH3 is 1. The second-order valence-electron chi connectivity index (χ2n) is 2.88. The quantitative estimate of drug-likeness (QED) is 0.647. The van der Waals surface area contributed by atoms with Crippen molar-refractivity contribution in [1.82, 2.24) is 0 Å². The molecule has 5 heteroatoms. The molecule has 1 atom stereocenters. The van der Waals surface area contributed by atoms with Crippen molar-refractivity contribution < 1.29 is 19.1 Å². The van der Waals surface area contributed by atoms with Crippen molar-refractivity contribution in [2.24, 2.45) is 0 Å². The van der Waals surface area contributed by atoms with Gasteiger partial charge in [0, 0.05) is 12.7 Å². The van der Waals surface area contributed by atoms with E-state index in [1.165, 1.54) is 14.0 Å². The van der Waals surface area contributed by atoms with Crippen LogP contribution in [0.25, 0.3) is 0 Å². The topological polar surface area (TPSA) is 52.6 Å². The molecule has 1 aliphatic rings. The fourth-order valence-corrected chi connectivity index (χ4v) is 2.20. The average molecular weight is 216 g/mol. The summed E-state index contributed by atoms with van der Waals surface area (Å²) in [6.07, 6.45) is 0. The van der Waals surface area contributed by atoms with Gasteiger partial charge in [-0.05, 0) is 6.92 Å². The van der Waals surface area contributed by atoms with Gasteiger partial charge in [-0.15, -0.1) is 11.8 Å². The van der Waals surface area contributed by atoms with Gasteiger partial charge in [0.25, 0.3) is 0 Å². The Morgan fingerprint density at radius 3 is 2.64 bits per heavy atom. The Kier molecular flexibility index (Phi) is 3.57. The Morgan fingerprint density at radius 2 is 2.14 bits per heavy atom. The van der Waals surface area contributed by atoms with Gasteiger partial charge in [-0.2, -0.15) is 0 Å². The molecule has 0 spiro atoms. The third-order valence-corrected chi connectivity index (χ3v) is 3.00. The van der Waals surface area contributed by atoms with Crippen LogP contribution in [0.3, 0.4) is 0 Å². The molecule has 14 heavy (non-hydrogen) atoms. The van der Waals surface area contributed by atoms with Gasteiger partial charge in [-0.3, -0.25) is 4.79 Å². The Labute approximate surface area is 86.6 Å². The lowest BCUT2D eigenvalue weighted by Crippen LogP contribution is -2.12. The molecule has 0 saturated heterocycles. The molecule has 1 heterocycles. The summed E-state index contributed by atoms with van der Waals surface area (Å²) in [6, 6.07) is 0. The third-order valence-electron chi connectivity index (χ3n) is 1.83. The molecule has 4 nitrogen and oxygen atoms in total. The molecule has 0 aromatic heterocycles. The van der Waals surface area contributed by atoms with E-state index in [-0.39, 0.29) is 5.25 Å². The lowest BCUT2D eigenvalue weighted by Gasteiger charge is -2.08. The van der Waals surface area contributed by atoms with Gasteiger partial charge < -0.3 is 9.47 Å². The van der Waals surface area contributed by atoms with Crippen LogP contribution in [-0.2, 0) is 19.1 Å². The molecular weight excluding hydrogens is 204 g/mol. The number of esters is 2. The van der Waals surface area contributed by atoms with Crippen molar-refractivity contribution in [2.75, 3.05) is 12.9 Å². The summed E-state index contributed by atoms with van der Waals surface area (Å²) in [7, 11) is 1.31. The van der Waals surface area contributed by atoms with E-state index in [1.807, 2.05) is 6.92 Å². The van der Waals surface area contributed by atoms with Crippen molar-refractivity contribution in [3.05, 3.63) is 11.3 Å². The highest BCUT2D eigenvalue weighted by Gasteiger charge is 2.30. The van der Waals surface area contributed by atoms with Crippen molar-refractivity contribution in [3.63, 3.8) is 0 Å². The standard InChI is InChI=1S/C9H12O4S/c1-5-8(13-6(2)10)7(4-14-5)9(11)12-3/h5H,4H2,1-3H3.